The van der Waals surface area contributed by atoms with E-state index >= 15 is 0 Å². The second-order valence-corrected chi connectivity index (χ2v) is 5.77. The molecule has 132 valence electrons. The van der Waals surface area contributed by atoms with Crippen molar-refractivity contribution in [1.82, 2.24) is 0 Å². The SMILES string of the molecule is COc1ccc([N+](=O)[O-])cc1OCC(=O)Nc1c(C)cc(C)cc1Cl. The Bertz CT molecular complexity index is 800. The highest BCUT2D eigenvalue weighted by atomic mass is 35.5. The van der Waals surface area contributed by atoms with Gasteiger partial charge in [0.15, 0.2) is 18.1 Å². The third kappa shape index (κ3) is 4.60. The third-order valence-electron chi connectivity index (χ3n) is 3.41. The molecule has 0 heterocycles. The number of hydrogen-bond acceptors (Lipinski definition) is 5. The summed E-state index contributed by atoms with van der Waals surface area (Å²) in [5.74, 6) is -0.0380. The molecular formula is C17H17ClN2O5. The van der Waals surface area contributed by atoms with Crippen LogP contribution in [-0.4, -0.2) is 24.5 Å². The number of nitro groups is 1. The van der Waals surface area contributed by atoms with Gasteiger partial charge in [-0.15, -0.1) is 0 Å². The monoisotopic (exact) mass is 364 g/mol. The average Bonchev–Trinajstić information content (AvgIpc) is 2.55. The van der Waals surface area contributed by atoms with E-state index < -0.39 is 10.8 Å². The summed E-state index contributed by atoms with van der Waals surface area (Å²) in [5, 5.41) is 14.0. The van der Waals surface area contributed by atoms with E-state index in [2.05, 4.69) is 5.32 Å². The number of halogens is 1. The zero-order valence-corrected chi connectivity index (χ0v) is 14.7. The summed E-state index contributed by atoms with van der Waals surface area (Å²) >= 11 is 6.15. The van der Waals surface area contributed by atoms with Crippen molar-refractivity contribution in [3.05, 3.63) is 56.6 Å². The Labute approximate surface area is 149 Å². The maximum absolute atomic E-state index is 12.1. The minimum absolute atomic E-state index is 0.110. The van der Waals surface area contributed by atoms with Crippen molar-refractivity contribution in [1.29, 1.82) is 0 Å². The van der Waals surface area contributed by atoms with E-state index in [1.807, 2.05) is 19.9 Å². The van der Waals surface area contributed by atoms with Gasteiger partial charge in [-0.05, 0) is 37.1 Å². The normalized spacial score (nSPS) is 10.2. The summed E-state index contributed by atoms with van der Waals surface area (Å²) in [5.41, 5.74) is 2.16. The number of nitrogens with one attached hydrogen (secondary N) is 1. The first kappa shape index (κ1) is 18.5. The fourth-order valence-electron chi connectivity index (χ4n) is 2.28. The van der Waals surface area contributed by atoms with Crippen LogP contribution in [-0.2, 0) is 4.79 Å². The van der Waals surface area contributed by atoms with Crippen molar-refractivity contribution < 1.29 is 19.2 Å². The molecule has 25 heavy (non-hydrogen) atoms. The topological polar surface area (TPSA) is 90.7 Å². The van der Waals surface area contributed by atoms with Crippen LogP contribution in [0.1, 0.15) is 11.1 Å². The van der Waals surface area contributed by atoms with Gasteiger partial charge in [0, 0.05) is 6.07 Å². The number of non-ortho nitro benzene ring substituents is 1. The van der Waals surface area contributed by atoms with Gasteiger partial charge in [0.2, 0.25) is 0 Å². The molecule has 0 fully saturated rings. The van der Waals surface area contributed by atoms with Gasteiger partial charge in [0.05, 0.1) is 28.8 Å². The molecule has 0 saturated carbocycles. The first-order chi connectivity index (χ1) is 11.8. The summed E-state index contributed by atoms with van der Waals surface area (Å²) in [6.07, 6.45) is 0. The van der Waals surface area contributed by atoms with E-state index in [9.17, 15) is 14.9 Å². The molecule has 0 aromatic heterocycles. The molecule has 0 aliphatic carbocycles. The van der Waals surface area contributed by atoms with E-state index in [1.165, 1.54) is 25.3 Å². The van der Waals surface area contributed by atoms with Gasteiger partial charge < -0.3 is 14.8 Å². The van der Waals surface area contributed by atoms with Gasteiger partial charge in [-0.1, -0.05) is 17.7 Å². The van der Waals surface area contributed by atoms with Gasteiger partial charge in [-0.25, -0.2) is 0 Å². The number of nitrogens with zero attached hydrogens (tertiary/aromatic N) is 1. The molecule has 2 aromatic carbocycles. The molecule has 1 N–H and O–H groups in total. The molecule has 0 unspecified atom stereocenters. The summed E-state index contributed by atoms with van der Waals surface area (Å²) in [6, 6.07) is 7.55. The number of amides is 1. The quantitative estimate of drug-likeness (QED) is 0.620. The van der Waals surface area contributed by atoms with Crippen LogP contribution in [0.2, 0.25) is 5.02 Å². The maximum atomic E-state index is 12.1. The zero-order chi connectivity index (χ0) is 18.6. The number of carbonyl (C=O) groups excluding carboxylic acids is 1. The molecule has 8 heteroatoms. The van der Waals surface area contributed by atoms with Crippen molar-refractivity contribution in [3.8, 4) is 11.5 Å². The Morgan fingerprint density at radius 2 is 1.96 bits per heavy atom. The number of aryl methyl sites for hydroxylation is 2. The predicted molar refractivity (Wildman–Crippen MR) is 94.7 cm³/mol. The summed E-state index contributed by atoms with van der Waals surface area (Å²) in [4.78, 5) is 22.4. The smallest absolute Gasteiger partial charge is 0.273 e. The Morgan fingerprint density at radius 3 is 2.56 bits per heavy atom. The van der Waals surface area contributed by atoms with Crippen molar-refractivity contribution in [3.63, 3.8) is 0 Å². The lowest BCUT2D eigenvalue weighted by atomic mass is 10.1. The standard InChI is InChI=1S/C17H17ClN2O5/c1-10-6-11(2)17(13(18)7-10)19-16(21)9-25-15-8-12(20(22)23)4-5-14(15)24-3/h4-8H,9H2,1-3H3,(H,19,21). The second-order valence-electron chi connectivity index (χ2n) is 5.37. The number of ether oxygens (including phenoxy) is 2. The third-order valence-corrected chi connectivity index (χ3v) is 3.71. The molecule has 0 aliphatic rings. The maximum Gasteiger partial charge on any atom is 0.273 e. The predicted octanol–water partition coefficient (Wildman–Crippen LogP) is 3.89. The van der Waals surface area contributed by atoms with E-state index in [0.29, 0.717) is 16.5 Å². The summed E-state index contributed by atoms with van der Waals surface area (Å²) in [7, 11) is 1.41. The molecule has 0 bridgehead atoms. The lowest BCUT2D eigenvalue weighted by Gasteiger charge is -2.13. The molecular weight excluding hydrogens is 348 g/mol. The number of carbonyl (C=O) groups is 1. The molecule has 7 nitrogen and oxygen atoms in total. The number of nitro benzene ring substituents is 1. The van der Waals surface area contributed by atoms with E-state index in [4.69, 9.17) is 21.1 Å². The molecule has 0 radical (unpaired) electrons. The molecule has 2 aromatic rings. The molecule has 0 aliphatic heterocycles. The van der Waals surface area contributed by atoms with E-state index in [-0.39, 0.29) is 18.0 Å². The second kappa shape index (κ2) is 7.85. The number of benzene rings is 2. The minimum atomic E-state index is -0.554. The van der Waals surface area contributed by atoms with Crippen LogP contribution in [0.5, 0.6) is 11.5 Å². The summed E-state index contributed by atoms with van der Waals surface area (Å²) in [6.45, 7) is 3.39. The Kier molecular flexibility index (Phi) is 5.82. The molecule has 0 saturated heterocycles. The fraction of sp³-hybridized carbons (Fsp3) is 0.235. The van der Waals surface area contributed by atoms with Gasteiger partial charge in [0.25, 0.3) is 11.6 Å². The van der Waals surface area contributed by atoms with Crippen molar-refractivity contribution >= 4 is 28.9 Å². The molecule has 0 atom stereocenters. The van der Waals surface area contributed by atoms with Crippen molar-refractivity contribution in [2.45, 2.75) is 13.8 Å². The van der Waals surface area contributed by atoms with Gasteiger partial charge in [-0.2, -0.15) is 0 Å². The van der Waals surface area contributed by atoms with E-state index in [1.54, 1.807) is 6.07 Å². The van der Waals surface area contributed by atoms with Gasteiger partial charge in [0.1, 0.15) is 0 Å². The first-order valence-electron chi connectivity index (χ1n) is 7.33. The number of methoxy groups -OCH3 is 1. The highest BCUT2D eigenvalue weighted by Crippen LogP contribution is 2.31. The number of hydrogen-bond donors (Lipinski definition) is 1. The van der Waals surface area contributed by atoms with Gasteiger partial charge >= 0.3 is 0 Å². The molecule has 2 rings (SSSR count). The zero-order valence-electron chi connectivity index (χ0n) is 14.0. The number of anilines is 1. The van der Waals surface area contributed by atoms with Crippen LogP contribution in [0.3, 0.4) is 0 Å². The Morgan fingerprint density at radius 1 is 1.24 bits per heavy atom. The molecule has 1 amide bonds. The van der Waals surface area contributed by atoms with Crippen LogP contribution in [0.4, 0.5) is 11.4 Å². The lowest BCUT2D eigenvalue weighted by molar-refractivity contribution is -0.385. The van der Waals surface area contributed by atoms with Gasteiger partial charge in [-0.3, -0.25) is 14.9 Å². The van der Waals surface area contributed by atoms with Crippen molar-refractivity contribution in [2.75, 3.05) is 19.0 Å². The van der Waals surface area contributed by atoms with Crippen LogP contribution in [0, 0.1) is 24.0 Å². The van der Waals surface area contributed by atoms with E-state index in [0.717, 1.165) is 11.1 Å². The summed E-state index contributed by atoms with van der Waals surface area (Å²) < 4.78 is 10.5. The van der Waals surface area contributed by atoms with Crippen LogP contribution in [0.25, 0.3) is 0 Å². The highest BCUT2D eigenvalue weighted by molar-refractivity contribution is 6.34. The Hall–Kier alpha value is -2.80. The average molecular weight is 365 g/mol. The van der Waals surface area contributed by atoms with Crippen LogP contribution < -0.4 is 14.8 Å². The Balaban J connectivity index is 2.10. The minimum Gasteiger partial charge on any atom is -0.493 e. The highest BCUT2D eigenvalue weighted by Gasteiger charge is 2.15. The lowest BCUT2D eigenvalue weighted by Crippen LogP contribution is -2.21. The fourth-order valence-corrected chi connectivity index (χ4v) is 2.65. The number of rotatable bonds is 6. The first-order valence-corrected chi connectivity index (χ1v) is 7.71. The molecule has 0 spiro atoms. The van der Waals surface area contributed by atoms with Crippen LogP contribution in [0.15, 0.2) is 30.3 Å². The van der Waals surface area contributed by atoms with Crippen LogP contribution >= 0.6 is 11.6 Å². The largest absolute Gasteiger partial charge is 0.493 e. The van der Waals surface area contributed by atoms with Crippen molar-refractivity contribution in [2.24, 2.45) is 0 Å².